The molecule has 3 fully saturated rings. The number of aliphatic imine (C=N–C) groups is 1. The quantitative estimate of drug-likeness (QED) is 0.0218. The van der Waals surface area contributed by atoms with Gasteiger partial charge in [-0.05, 0) is 167 Å². The lowest BCUT2D eigenvalue weighted by Gasteiger charge is -2.54. The number of hydrogen-bond acceptors (Lipinski definition) is 13. The highest BCUT2D eigenvalue weighted by atomic mass is 32.2. The Bertz CT molecular complexity index is 2560. The van der Waals surface area contributed by atoms with Crippen LogP contribution >= 0.6 is 46.8 Å². The zero-order valence-electron chi connectivity index (χ0n) is 45.5. The third kappa shape index (κ3) is 20.1. The van der Waals surface area contributed by atoms with Crippen molar-refractivity contribution >= 4 is 82.8 Å². The minimum Gasteiger partial charge on any atom is -0.398 e. The van der Waals surface area contributed by atoms with Crippen LogP contribution in [-0.2, 0) is 19.2 Å². The van der Waals surface area contributed by atoms with E-state index in [9.17, 15) is 32.3 Å². The number of nitrogens with one attached hydrogen (secondary N) is 2. The molecule has 0 aliphatic carbocycles. The molecule has 4 aromatic rings. The minimum absolute atomic E-state index is 0.0204. The summed E-state index contributed by atoms with van der Waals surface area (Å²) in [4.78, 5) is 71.0. The molecule has 420 valence electrons. The number of nitrogens with two attached hydrogens (primary N) is 2. The van der Waals surface area contributed by atoms with Crippen molar-refractivity contribution in [3.05, 3.63) is 102 Å². The smallest absolute Gasteiger partial charge is 0.398 e. The van der Waals surface area contributed by atoms with Crippen LogP contribution in [0.2, 0.25) is 0 Å². The number of benzene rings is 3. The van der Waals surface area contributed by atoms with Crippen molar-refractivity contribution in [2.75, 3.05) is 50.8 Å². The second kappa shape index (κ2) is 29.9. The van der Waals surface area contributed by atoms with Gasteiger partial charge in [-0.2, -0.15) is 13.2 Å². The topological polar surface area (TPSA) is 179 Å². The van der Waals surface area contributed by atoms with Crippen LogP contribution in [0.15, 0.2) is 110 Å². The standard InChI is InChI=1S/C46H64N6O4S2.C7H7F3N2S2.C4H7N/c1-33(35-19-21-36(22-20-35)41-34(2)47-32-58-41)48-43(55)38-16-13-26-52(38)44(56)42(45(3,4)5)49-39(53)17-9-10-18-40(54)51-27-23-46(24-28-51)30-50(31-46)25-11-12-29-57-37-14-7-6-8-15-37;8-7(9,10)13-6-3-4(14-12)1-2-5(6)11;1-4(2)5-3/h6-8,14-15,19-22,32-33,38,42H,9-13,16-18,23-31H2,1-5H3,(H,48,55)(H,49,53);1-3H,11-12H2;1,3H2,2H3. The average Bonchev–Trinajstić information content (AvgIpc) is 4.08. The molecule has 3 unspecified atom stereocenters. The number of hydrogen-bond donors (Lipinski definition) is 4. The number of anilines is 1. The van der Waals surface area contributed by atoms with Crippen LogP contribution in [0.1, 0.15) is 116 Å². The van der Waals surface area contributed by atoms with Crippen LogP contribution in [0, 0.1) is 17.8 Å². The molecule has 7 rings (SSSR count). The fourth-order valence-corrected chi connectivity index (χ4v) is 12.3. The van der Waals surface area contributed by atoms with Crippen molar-refractivity contribution in [2.24, 2.45) is 21.0 Å². The Kier molecular flexibility index (Phi) is 24.5. The monoisotopic (exact) mass is 1140 g/mol. The maximum atomic E-state index is 14.0. The summed E-state index contributed by atoms with van der Waals surface area (Å²) in [7, 11) is 0. The highest BCUT2D eigenvalue weighted by Crippen LogP contribution is 2.42. The number of rotatable bonds is 20. The maximum Gasteiger partial charge on any atom is 0.446 e. The molecule has 0 radical (unpaired) electrons. The molecule has 77 heavy (non-hydrogen) atoms. The average molecular weight is 1140 g/mol. The lowest BCUT2D eigenvalue weighted by Crippen LogP contribution is -2.60. The number of thiazole rings is 1. The lowest BCUT2D eigenvalue weighted by molar-refractivity contribution is -0.144. The molecule has 3 atom stereocenters. The van der Waals surface area contributed by atoms with E-state index < -0.39 is 23.0 Å². The SMILES string of the molecule is C=NC(=C)C.Cc1ncsc1-c1ccc(C(C)NC(=O)C2CCCN2C(=O)C(NC(=O)CCCCC(=O)N2CCC3(CC2)CN(CCCCSc2ccccc2)C3)C(C)(C)C)cc1.NSc1ccc(N)c(SC(F)(F)F)c1. The van der Waals surface area contributed by atoms with E-state index in [1.807, 2.05) is 68.9 Å². The fourth-order valence-electron chi connectivity index (χ4n) is 9.52. The number of halogens is 3. The Morgan fingerprint density at radius 2 is 1.58 bits per heavy atom. The van der Waals surface area contributed by atoms with Crippen LogP contribution in [0.4, 0.5) is 18.9 Å². The Morgan fingerprint density at radius 1 is 0.922 bits per heavy atom. The fraction of sp³-hybridized carbons (Fsp3) is 0.509. The van der Waals surface area contributed by atoms with Gasteiger partial charge in [-0.25, -0.2) is 4.98 Å². The van der Waals surface area contributed by atoms with Gasteiger partial charge in [-0.3, -0.25) is 29.3 Å². The van der Waals surface area contributed by atoms with Gasteiger partial charge in [0.05, 0.1) is 22.1 Å². The highest BCUT2D eigenvalue weighted by Gasteiger charge is 2.45. The lowest BCUT2D eigenvalue weighted by atomic mass is 9.72. The third-order valence-corrected chi connectivity index (χ3v) is 17.3. The molecule has 4 amide bonds. The normalized spacial score (nSPS) is 16.9. The zero-order valence-corrected chi connectivity index (χ0v) is 48.7. The summed E-state index contributed by atoms with van der Waals surface area (Å²) in [6, 6.07) is 21.5. The first-order valence-corrected chi connectivity index (χ1v) is 29.8. The van der Waals surface area contributed by atoms with Gasteiger partial charge in [0, 0.05) is 71.6 Å². The number of amides is 4. The Labute approximate surface area is 471 Å². The van der Waals surface area contributed by atoms with Crippen molar-refractivity contribution in [3.8, 4) is 10.4 Å². The van der Waals surface area contributed by atoms with Gasteiger partial charge >= 0.3 is 5.51 Å². The summed E-state index contributed by atoms with van der Waals surface area (Å²) in [5.41, 5.74) is 6.67. The Balaban J connectivity index is 0.000000485. The molecule has 1 spiro atoms. The van der Waals surface area contributed by atoms with E-state index in [2.05, 4.69) is 81.3 Å². The predicted octanol–water partition coefficient (Wildman–Crippen LogP) is 11.9. The summed E-state index contributed by atoms with van der Waals surface area (Å²) >= 11 is 4.19. The molecule has 3 saturated heterocycles. The number of aromatic nitrogens is 1. The number of thioether (sulfide) groups is 2. The molecule has 3 aliphatic rings. The van der Waals surface area contributed by atoms with E-state index >= 15 is 0 Å². The van der Waals surface area contributed by atoms with Crippen molar-refractivity contribution in [1.82, 2.24) is 30.3 Å². The zero-order chi connectivity index (χ0) is 56.3. The number of piperidine rings is 1. The summed E-state index contributed by atoms with van der Waals surface area (Å²) < 4.78 is 36.1. The maximum absolute atomic E-state index is 14.0. The van der Waals surface area contributed by atoms with Crippen LogP contribution in [0.25, 0.3) is 10.4 Å². The summed E-state index contributed by atoms with van der Waals surface area (Å²) in [6.45, 7) is 23.8. The molecule has 6 N–H and O–H groups in total. The Hall–Kier alpha value is -4.86. The molecular formula is C57H78F3N9O4S4. The number of aryl methyl sites for hydroxylation is 1. The molecule has 0 bridgehead atoms. The van der Waals surface area contributed by atoms with Gasteiger partial charge in [-0.15, -0.1) is 23.1 Å². The third-order valence-electron chi connectivity index (χ3n) is 13.9. The van der Waals surface area contributed by atoms with Crippen molar-refractivity contribution in [2.45, 2.75) is 144 Å². The summed E-state index contributed by atoms with van der Waals surface area (Å²) in [6.07, 6.45) is 7.82. The van der Waals surface area contributed by atoms with Gasteiger partial charge in [0.1, 0.15) is 12.1 Å². The highest BCUT2D eigenvalue weighted by molar-refractivity contribution is 8.00. The van der Waals surface area contributed by atoms with Gasteiger partial charge in [0.25, 0.3) is 0 Å². The number of alkyl halides is 3. The summed E-state index contributed by atoms with van der Waals surface area (Å²) in [5.74, 6) is 0.746. The van der Waals surface area contributed by atoms with Gasteiger partial charge in [0.15, 0.2) is 0 Å². The molecule has 3 aliphatic heterocycles. The number of unbranched alkanes of at least 4 members (excludes halogenated alkanes) is 2. The first-order chi connectivity index (χ1) is 36.5. The van der Waals surface area contributed by atoms with E-state index in [1.54, 1.807) is 29.2 Å². The molecule has 4 heterocycles. The van der Waals surface area contributed by atoms with Crippen LogP contribution in [0.5, 0.6) is 0 Å². The van der Waals surface area contributed by atoms with Crippen molar-refractivity contribution in [3.63, 3.8) is 0 Å². The molecule has 13 nitrogen and oxygen atoms in total. The second-order valence-electron chi connectivity index (χ2n) is 21.1. The number of carbonyl (C=O) groups is 4. The van der Waals surface area contributed by atoms with Crippen molar-refractivity contribution in [1.29, 1.82) is 0 Å². The Morgan fingerprint density at radius 3 is 2.18 bits per heavy atom. The van der Waals surface area contributed by atoms with E-state index in [4.69, 9.17) is 10.9 Å². The molecular weight excluding hydrogens is 1060 g/mol. The predicted molar refractivity (Wildman–Crippen MR) is 312 cm³/mol. The van der Waals surface area contributed by atoms with E-state index in [-0.39, 0.29) is 58.4 Å². The van der Waals surface area contributed by atoms with Gasteiger partial charge in [0.2, 0.25) is 23.6 Å². The molecule has 20 heteroatoms. The first kappa shape index (κ1) is 63.0. The number of nitrogens with zero attached hydrogens (tertiary/aromatic N) is 5. The van der Waals surface area contributed by atoms with E-state index in [0.29, 0.717) is 42.5 Å². The number of carbonyl (C=O) groups excluding carboxylic acids is 4. The largest absolute Gasteiger partial charge is 0.446 e. The van der Waals surface area contributed by atoms with E-state index in [1.165, 1.54) is 36.4 Å². The molecule has 3 aromatic carbocycles. The van der Waals surface area contributed by atoms with Gasteiger partial charge < -0.3 is 31.1 Å². The van der Waals surface area contributed by atoms with E-state index in [0.717, 1.165) is 90.5 Å². The number of allylic oxidation sites excluding steroid dienone is 1. The van der Waals surface area contributed by atoms with Gasteiger partial charge in [-0.1, -0.05) is 69.8 Å². The van der Waals surface area contributed by atoms with Crippen LogP contribution in [0.3, 0.4) is 0 Å². The first-order valence-electron chi connectivity index (χ1n) is 26.2. The molecule has 1 aromatic heterocycles. The number of nitrogen functional groups attached to an aromatic ring is 1. The van der Waals surface area contributed by atoms with Crippen LogP contribution < -0.4 is 21.5 Å². The molecule has 0 saturated carbocycles. The number of likely N-dealkylation sites (tertiary alicyclic amines) is 3. The van der Waals surface area contributed by atoms with Crippen molar-refractivity contribution < 1.29 is 32.3 Å². The summed E-state index contributed by atoms with van der Waals surface area (Å²) in [5, 5.41) is 11.4. The minimum atomic E-state index is -4.33. The van der Waals surface area contributed by atoms with Crippen LogP contribution in [-0.4, -0.2) is 113 Å². The second-order valence-corrected chi connectivity index (χ2v) is 24.9.